The van der Waals surface area contributed by atoms with E-state index in [1.54, 1.807) is 5.57 Å². The molecule has 0 aromatic heterocycles. The van der Waals surface area contributed by atoms with Gasteiger partial charge in [0.25, 0.3) is 0 Å². The Bertz CT molecular complexity index is 848. The van der Waals surface area contributed by atoms with Crippen molar-refractivity contribution < 1.29 is 0 Å². The van der Waals surface area contributed by atoms with Gasteiger partial charge in [-0.25, -0.2) is 0 Å². The summed E-state index contributed by atoms with van der Waals surface area (Å²) in [5.74, 6) is 6.68. The van der Waals surface area contributed by atoms with Crippen LogP contribution in [0, 0.1) is 52.3 Å². The topological polar surface area (TPSA) is 0 Å². The van der Waals surface area contributed by atoms with Crippen LogP contribution in [0.25, 0.3) is 0 Å². The van der Waals surface area contributed by atoms with Crippen molar-refractivity contribution in [3.05, 3.63) is 47.5 Å². The molecule has 188 valence electrons. The van der Waals surface area contributed by atoms with Crippen LogP contribution in [0.3, 0.4) is 0 Å². The summed E-state index contributed by atoms with van der Waals surface area (Å²) >= 11 is 0. The average molecular weight is 461 g/mol. The first-order chi connectivity index (χ1) is 16.3. The summed E-state index contributed by atoms with van der Waals surface area (Å²) in [7, 11) is 0. The molecule has 0 heteroatoms. The zero-order chi connectivity index (χ0) is 23.9. The molecule has 4 aliphatic carbocycles. The van der Waals surface area contributed by atoms with Gasteiger partial charge in [0.1, 0.15) is 0 Å². The second-order valence-corrected chi connectivity index (χ2v) is 14.1. The standard InChI is InChI=1S/C34H52/c1-24(2)10-9-11-25(3)30-18-19-31-29-17-16-28-15-14-27(22-26-12-7-6-8-13-26)23-34(28,5)32(29)20-21-33(30,31)4/h6-8,12-14,24-25,28-32H,9-11,15-23H2,1-5H3/t25-,28-,29+,30+,31-,32+,33-,34+/m1/s1. The van der Waals surface area contributed by atoms with E-state index in [1.165, 1.54) is 82.6 Å². The van der Waals surface area contributed by atoms with Crippen molar-refractivity contribution in [1.29, 1.82) is 0 Å². The number of hydrogen-bond donors (Lipinski definition) is 0. The fourth-order valence-corrected chi connectivity index (χ4v) is 10.1. The summed E-state index contributed by atoms with van der Waals surface area (Å²) in [6, 6.07) is 11.2. The van der Waals surface area contributed by atoms with E-state index >= 15 is 0 Å². The van der Waals surface area contributed by atoms with Crippen molar-refractivity contribution in [3.63, 3.8) is 0 Å². The Kier molecular flexibility index (Phi) is 7.09. The van der Waals surface area contributed by atoms with E-state index in [2.05, 4.69) is 71.0 Å². The zero-order valence-corrected chi connectivity index (χ0v) is 23.0. The molecule has 0 radical (unpaired) electrons. The second-order valence-electron chi connectivity index (χ2n) is 14.1. The predicted octanol–water partition coefficient (Wildman–Crippen LogP) is 9.89. The second kappa shape index (κ2) is 9.78. The Hall–Kier alpha value is -1.04. The van der Waals surface area contributed by atoms with Gasteiger partial charge in [-0.2, -0.15) is 0 Å². The van der Waals surface area contributed by atoms with Gasteiger partial charge >= 0.3 is 0 Å². The number of hydrogen-bond acceptors (Lipinski definition) is 0. The molecule has 0 N–H and O–H groups in total. The highest BCUT2D eigenvalue weighted by Gasteiger charge is 2.60. The van der Waals surface area contributed by atoms with Gasteiger partial charge in [-0.3, -0.25) is 0 Å². The smallest absolute Gasteiger partial charge is 0.00669 e. The minimum atomic E-state index is 0.546. The van der Waals surface area contributed by atoms with Crippen LogP contribution in [-0.2, 0) is 6.42 Å². The molecule has 3 saturated carbocycles. The van der Waals surface area contributed by atoms with Gasteiger partial charge in [0.2, 0.25) is 0 Å². The molecule has 3 fully saturated rings. The molecule has 0 spiro atoms. The molecule has 8 atom stereocenters. The van der Waals surface area contributed by atoms with Gasteiger partial charge in [-0.1, -0.05) is 95.9 Å². The minimum absolute atomic E-state index is 0.546. The molecular weight excluding hydrogens is 408 g/mol. The number of fused-ring (bicyclic) bond motifs is 5. The maximum Gasteiger partial charge on any atom is -0.00669 e. The lowest BCUT2D eigenvalue weighted by molar-refractivity contribution is -0.102. The molecule has 0 bridgehead atoms. The maximum atomic E-state index is 2.75. The fourth-order valence-electron chi connectivity index (χ4n) is 10.1. The van der Waals surface area contributed by atoms with Crippen molar-refractivity contribution in [3.8, 4) is 0 Å². The first kappa shape index (κ1) is 24.6. The lowest BCUT2D eigenvalue weighted by Gasteiger charge is -2.60. The molecule has 0 nitrogen and oxygen atoms in total. The van der Waals surface area contributed by atoms with Crippen LogP contribution in [0.4, 0.5) is 0 Å². The molecule has 0 heterocycles. The normalized spacial score (nSPS) is 40.3. The monoisotopic (exact) mass is 460 g/mol. The lowest BCUT2D eigenvalue weighted by Crippen LogP contribution is -2.53. The van der Waals surface area contributed by atoms with Gasteiger partial charge in [-0.05, 0) is 116 Å². The molecule has 0 aliphatic heterocycles. The predicted molar refractivity (Wildman–Crippen MR) is 147 cm³/mol. The summed E-state index contributed by atoms with van der Waals surface area (Å²) in [4.78, 5) is 0. The molecule has 0 saturated heterocycles. The quantitative estimate of drug-likeness (QED) is 0.355. The fraction of sp³-hybridized carbons (Fsp3) is 0.765. The SMILES string of the molecule is CC(C)CCC[C@@H](C)[C@@H]1CC[C@@H]2[C@@H]3CC[C@H]4CC=C(Cc5ccccc5)C[C@]4(C)[C@H]3CC[C@@]21C. The third-order valence-electron chi connectivity index (χ3n) is 11.8. The largest absolute Gasteiger partial charge is 0.0847 e. The molecule has 1 aromatic rings. The number of benzene rings is 1. The average Bonchev–Trinajstić information content (AvgIpc) is 3.16. The Morgan fingerprint density at radius 3 is 2.38 bits per heavy atom. The molecule has 5 rings (SSSR count). The van der Waals surface area contributed by atoms with Crippen LogP contribution in [0.1, 0.15) is 111 Å². The van der Waals surface area contributed by atoms with Gasteiger partial charge in [0, 0.05) is 0 Å². The number of rotatable bonds is 7. The van der Waals surface area contributed by atoms with Crippen LogP contribution in [0.5, 0.6) is 0 Å². The minimum Gasteiger partial charge on any atom is -0.0847 e. The van der Waals surface area contributed by atoms with E-state index < -0.39 is 0 Å². The summed E-state index contributed by atoms with van der Waals surface area (Å²) in [5.41, 5.74) is 4.41. The van der Waals surface area contributed by atoms with E-state index in [-0.39, 0.29) is 0 Å². The molecule has 34 heavy (non-hydrogen) atoms. The summed E-state index contributed by atoms with van der Waals surface area (Å²) in [6.45, 7) is 12.9. The van der Waals surface area contributed by atoms with Crippen LogP contribution in [-0.4, -0.2) is 0 Å². The maximum absolute atomic E-state index is 2.75. The highest BCUT2D eigenvalue weighted by atomic mass is 14.6. The van der Waals surface area contributed by atoms with Crippen LogP contribution < -0.4 is 0 Å². The van der Waals surface area contributed by atoms with E-state index in [1.807, 2.05) is 0 Å². The Morgan fingerprint density at radius 1 is 0.853 bits per heavy atom. The van der Waals surface area contributed by atoms with E-state index in [0.29, 0.717) is 10.8 Å². The highest BCUT2D eigenvalue weighted by molar-refractivity contribution is 5.25. The molecular formula is C34H52. The summed E-state index contributed by atoms with van der Waals surface area (Å²) in [6.07, 6.45) is 20.0. The van der Waals surface area contributed by atoms with E-state index in [0.717, 1.165) is 41.4 Å². The number of allylic oxidation sites excluding steroid dienone is 2. The van der Waals surface area contributed by atoms with Crippen LogP contribution in [0.15, 0.2) is 42.0 Å². The Balaban J connectivity index is 1.29. The van der Waals surface area contributed by atoms with Gasteiger partial charge in [0.15, 0.2) is 0 Å². The first-order valence-corrected chi connectivity index (χ1v) is 15.0. The van der Waals surface area contributed by atoms with Crippen molar-refractivity contribution in [2.75, 3.05) is 0 Å². The zero-order valence-electron chi connectivity index (χ0n) is 23.0. The highest BCUT2D eigenvalue weighted by Crippen LogP contribution is 2.68. The third kappa shape index (κ3) is 4.46. The molecule has 1 aromatic carbocycles. The van der Waals surface area contributed by atoms with Crippen molar-refractivity contribution >= 4 is 0 Å². The third-order valence-corrected chi connectivity index (χ3v) is 11.8. The molecule has 4 aliphatic rings. The van der Waals surface area contributed by atoms with E-state index in [9.17, 15) is 0 Å². The Labute approximate surface area is 211 Å². The van der Waals surface area contributed by atoms with Gasteiger partial charge in [0.05, 0.1) is 0 Å². The van der Waals surface area contributed by atoms with Crippen molar-refractivity contribution in [1.82, 2.24) is 0 Å². The van der Waals surface area contributed by atoms with Crippen LogP contribution >= 0.6 is 0 Å². The van der Waals surface area contributed by atoms with Crippen LogP contribution in [0.2, 0.25) is 0 Å². The summed E-state index contributed by atoms with van der Waals surface area (Å²) < 4.78 is 0. The lowest BCUT2D eigenvalue weighted by atomic mass is 9.44. The summed E-state index contributed by atoms with van der Waals surface area (Å²) in [5, 5.41) is 0. The Morgan fingerprint density at radius 2 is 1.62 bits per heavy atom. The van der Waals surface area contributed by atoms with Gasteiger partial charge < -0.3 is 0 Å². The molecule has 0 unspecified atom stereocenters. The molecule has 0 amide bonds. The van der Waals surface area contributed by atoms with Crippen molar-refractivity contribution in [2.45, 2.75) is 112 Å². The van der Waals surface area contributed by atoms with E-state index in [4.69, 9.17) is 0 Å². The van der Waals surface area contributed by atoms with Gasteiger partial charge in [-0.15, -0.1) is 0 Å². The first-order valence-electron chi connectivity index (χ1n) is 15.0. The van der Waals surface area contributed by atoms with Crippen molar-refractivity contribution in [2.24, 2.45) is 52.3 Å².